The van der Waals surface area contributed by atoms with Gasteiger partial charge < -0.3 is 19.5 Å². The van der Waals surface area contributed by atoms with Gasteiger partial charge in [0.05, 0.1) is 12.0 Å². The van der Waals surface area contributed by atoms with Crippen LogP contribution in [-0.4, -0.2) is 34.7 Å². The lowest BCUT2D eigenvalue weighted by molar-refractivity contribution is -0.135. The number of hydrogen-bond donors (Lipinski definition) is 1. The fourth-order valence-electron chi connectivity index (χ4n) is 2.79. The van der Waals surface area contributed by atoms with Gasteiger partial charge in [0.2, 0.25) is 9.84 Å². The molecule has 0 saturated carbocycles. The van der Waals surface area contributed by atoms with E-state index in [-0.39, 0.29) is 10.8 Å². The van der Waals surface area contributed by atoms with Gasteiger partial charge >= 0.3 is 5.97 Å². The van der Waals surface area contributed by atoms with Crippen molar-refractivity contribution in [2.75, 3.05) is 25.6 Å². The van der Waals surface area contributed by atoms with E-state index in [0.717, 1.165) is 18.9 Å². The lowest BCUT2D eigenvalue weighted by Crippen LogP contribution is -2.17. The largest absolute Gasteiger partial charge is 0.486 e. The number of hydrogen-bond acceptors (Lipinski definition) is 7. The molecule has 2 aromatic rings. The molecule has 3 rings (SSSR count). The van der Waals surface area contributed by atoms with Crippen LogP contribution >= 0.6 is 0 Å². The molecule has 8 heteroatoms. The van der Waals surface area contributed by atoms with Crippen LogP contribution in [0.15, 0.2) is 58.5 Å². The Labute approximate surface area is 170 Å². The molecule has 7 nitrogen and oxygen atoms in total. The predicted octanol–water partition coefficient (Wildman–Crippen LogP) is 3.48. The molecule has 154 valence electrons. The summed E-state index contributed by atoms with van der Waals surface area (Å²) in [6.07, 6.45) is 1.13. The summed E-state index contributed by atoms with van der Waals surface area (Å²) in [6, 6.07) is 11.5. The third-order valence-electron chi connectivity index (χ3n) is 4.45. The highest BCUT2D eigenvalue weighted by molar-refractivity contribution is 7.96. The van der Waals surface area contributed by atoms with Crippen molar-refractivity contribution in [2.45, 2.75) is 24.7 Å². The van der Waals surface area contributed by atoms with E-state index in [4.69, 9.17) is 14.2 Å². The van der Waals surface area contributed by atoms with Crippen molar-refractivity contribution in [1.82, 2.24) is 0 Å². The topological polar surface area (TPSA) is 90.9 Å². The Balaban J connectivity index is 1.91. The lowest BCUT2D eigenvalue weighted by atomic mass is 10.0. The molecule has 0 radical (unpaired) electrons. The first-order valence-electron chi connectivity index (χ1n) is 9.12. The molecule has 0 spiro atoms. The molecule has 1 aliphatic heterocycles. The van der Waals surface area contributed by atoms with Gasteiger partial charge in [0, 0.05) is 18.0 Å². The molecule has 1 N–H and O–H groups in total. The molecule has 0 fully saturated rings. The summed E-state index contributed by atoms with van der Waals surface area (Å²) in [5.74, 6) is 0.459. The molecule has 0 aromatic heterocycles. The molecule has 1 aliphatic rings. The van der Waals surface area contributed by atoms with Crippen LogP contribution in [0.3, 0.4) is 0 Å². The summed E-state index contributed by atoms with van der Waals surface area (Å²) < 4.78 is 41.7. The van der Waals surface area contributed by atoms with E-state index < -0.39 is 20.7 Å². The van der Waals surface area contributed by atoms with E-state index in [9.17, 15) is 13.2 Å². The van der Waals surface area contributed by atoms with Gasteiger partial charge in [0.25, 0.3) is 0 Å². The van der Waals surface area contributed by atoms with Crippen LogP contribution in [-0.2, 0) is 19.4 Å². The third kappa shape index (κ3) is 4.54. The van der Waals surface area contributed by atoms with E-state index in [0.29, 0.717) is 30.4 Å². The fourth-order valence-corrected chi connectivity index (χ4v) is 4.05. The first-order valence-corrected chi connectivity index (χ1v) is 10.6. The van der Waals surface area contributed by atoms with Gasteiger partial charge in [-0.1, -0.05) is 26.0 Å². The van der Waals surface area contributed by atoms with E-state index in [2.05, 4.69) is 5.32 Å². The number of methoxy groups -OCH3 is 1. The maximum atomic E-state index is 13.0. The normalized spacial score (nSPS) is 13.9. The molecule has 2 aromatic carbocycles. The number of nitrogens with one attached hydrogen (secondary N) is 1. The second-order valence-corrected chi connectivity index (χ2v) is 8.65. The highest BCUT2D eigenvalue weighted by Gasteiger charge is 2.28. The number of esters is 1. The Morgan fingerprint density at radius 1 is 1.07 bits per heavy atom. The number of sulfone groups is 1. The molecule has 0 atom stereocenters. The Morgan fingerprint density at radius 2 is 1.72 bits per heavy atom. The number of carbonyl (C=O) groups excluding carboxylic acids is 1. The minimum Gasteiger partial charge on any atom is -0.486 e. The maximum Gasteiger partial charge on any atom is 0.351 e. The number of anilines is 1. The van der Waals surface area contributed by atoms with Gasteiger partial charge in [-0.25, -0.2) is 13.2 Å². The number of fused-ring (bicyclic) bond motifs is 1. The van der Waals surface area contributed by atoms with Crippen molar-refractivity contribution in [1.29, 1.82) is 0 Å². The Bertz CT molecular complexity index is 1030. The van der Waals surface area contributed by atoms with Gasteiger partial charge in [0.1, 0.15) is 13.2 Å². The van der Waals surface area contributed by atoms with Gasteiger partial charge in [0.15, 0.2) is 16.4 Å². The predicted molar refractivity (Wildman–Crippen MR) is 109 cm³/mol. The average Bonchev–Trinajstić information content (AvgIpc) is 2.73. The first kappa shape index (κ1) is 20.7. The second kappa shape index (κ2) is 8.57. The maximum absolute atomic E-state index is 13.0. The number of rotatable bonds is 6. The van der Waals surface area contributed by atoms with Crippen LogP contribution in [0, 0.1) is 0 Å². The van der Waals surface area contributed by atoms with Crippen LogP contribution in [0.25, 0.3) is 0 Å². The minimum absolute atomic E-state index is 0.0162. The van der Waals surface area contributed by atoms with Crippen LogP contribution in [0.4, 0.5) is 5.69 Å². The zero-order valence-corrected chi connectivity index (χ0v) is 17.3. The molecule has 0 amide bonds. The first-order chi connectivity index (χ1) is 13.8. The highest BCUT2D eigenvalue weighted by atomic mass is 32.2. The van der Waals surface area contributed by atoms with Gasteiger partial charge in [-0.15, -0.1) is 0 Å². The molecular formula is C21H23NO6S. The van der Waals surface area contributed by atoms with E-state index in [1.807, 2.05) is 13.8 Å². The van der Waals surface area contributed by atoms with Crippen molar-refractivity contribution < 1.29 is 27.4 Å². The van der Waals surface area contributed by atoms with Crippen LogP contribution in [0.5, 0.6) is 11.5 Å². The monoisotopic (exact) mass is 417 g/mol. The zero-order chi connectivity index (χ0) is 21.0. The van der Waals surface area contributed by atoms with E-state index in [1.165, 1.54) is 12.1 Å². The van der Waals surface area contributed by atoms with Crippen molar-refractivity contribution >= 4 is 21.5 Å². The zero-order valence-electron chi connectivity index (χ0n) is 16.5. The SMILES string of the molecule is COC(=O)C(=CNc1ccc2c(c1)OCCO2)S(=O)(=O)c1ccc(C(C)C)cc1. The summed E-state index contributed by atoms with van der Waals surface area (Å²) in [5, 5.41) is 2.84. The molecule has 0 bridgehead atoms. The number of carbonyl (C=O) groups is 1. The van der Waals surface area contributed by atoms with Crippen molar-refractivity contribution in [3.63, 3.8) is 0 Å². The van der Waals surface area contributed by atoms with E-state index >= 15 is 0 Å². The van der Waals surface area contributed by atoms with E-state index in [1.54, 1.807) is 30.3 Å². The third-order valence-corrected chi connectivity index (χ3v) is 6.20. The van der Waals surface area contributed by atoms with Crippen molar-refractivity contribution in [2.24, 2.45) is 0 Å². The summed E-state index contributed by atoms with van der Waals surface area (Å²) in [6.45, 7) is 4.93. The number of benzene rings is 2. The fraction of sp³-hybridized carbons (Fsp3) is 0.286. The smallest absolute Gasteiger partial charge is 0.351 e. The van der Waals surface area contributed by atoms with Gasteiger partial charge in [-0.3, -0.25) is 0 Å². The molecule has 0 saturated heterocycles. The van der Waals surface area contributed by atoms with Crippen molar-refractivity contribution in [3.05, 3.63) is 59.1 Å². The van der Waals surface area contributed by atoms with Crippen LogP contribution < -0.4 is 14.8 Å². The number of ether oxygens (including phenoxy) is 3. The Morgan fingerprint density at radius 3 is 2.34 bits per heavy atom. The van der Waals surface area contributed by atoms with Gasteiger partial charge in [-0.2, -0.15) is 0 Å². The summed E-state index contributed by atoms with van der Waals surface area (Å²) in [5.41, 5.74) is 1.54. The molecule has 29 heavy (non-hydrogen) atoms. The highest BCUT2D eigenvalue weighted by Crippen LogP contribution is 2.33. The second-order valence-electron chi connectivity index (χ2n) is 6.73. The molecule has 0 unspecified atom stereocenters. The molecular weight excluding hydrogens is 394 g/mol. The Hall–Kier alpha value is -3.00. The van der Waals surface area contributed by atoms with Crippen molar-refractivity contribution in [3.8, 4) is 11.5 Å². The minimum atomic E-state index is -4.07. The van der Waals surface area contributed by atoms with Gasteiger partial charge in [-0.05, 0) is 35.7 Å². The summed E-state index contributed by atoms with van der Waals surface area (Å²) in [4.78, 5) is 11.7. The Kier molecular flexibility index (Phi) is 6.12. The summed E-state index contributed by atoms with van der Waals surface area (Å²) >= 11 is 0. The molecule has 1 heterocycles. The summed E-state index contributed by atoms with van der Waals surface area (Å²) in [7, 11) is -2.94. The quantitative estimate of drug-likeness (QED) is 0.568. The lowest BCUT2D eigenvalue weighted by Gasteiger charge is -2.18. The average molecular weight is 417 g/mol. The van der Waals surface area contributed by atoms with Crippen LogP contribution in [0.2, 0.25) is 0 Å². The van der Waals surface area contributed by atoms with Crippen LogP contribution in [0.1, 0.15) is 25.3 Å². The standard InChI is InChI=1S/C21H23NO6S/c1-14(2)15-4-7-17(8-5-15)29(24,25)20(21(23)26-3)13-22-16-6-9-18-19(12-16)28-11-10-27-18/h4-9,12-14,22H,10-11H2,1-3H3. The molecule has 0 aliphatic carbocycles.